The van der Waals surface area contributed by atoms with Crippen LogP contribution < -0.4 is 24.8 Å². The molecule has 18 nitrogen and oxygen atoms in total. The monoisotopic (exact) mass is 990 g/mol. The summed E-state index contributed by atoms with van der Waals surface area (Å²) < 4.78 is 53.9. The molecule has 19 heteroatoms. The van der Waals surface area contributed by atoms with Gasteiger partial charge in [0.1, 0.15) is 41.7 Å². The van der Waals surface area contributed by atoms with Gasteiger partial charge >= 0.3 is 6.09 Å². The van der Waals surface area contributed by atoms with E-state index in [2.05, 4.69) is 39.8 Å². The van der Waals surface area contributed by atoms with Crippen molar-refractivity contribution in [3.8, 4) is 11.6 Å². The number of morpholine rings is 1. The lowest BCUT2D eigenvalue weighted by Gasteiger charge is -2.48. The highest BCUT2D eigenvalue weighted by Crippen LogP contribution is 2.48. The Morgan fingerprint density at radius 2 is 1.67 bits per heavy atom. The molecular formula is C51H70N6O12S. The Labute approximate surface area is 410 Å². The standard InChI is InChI=1S/C50H68N6O10S.CH2O2/c1-4-32-26-50(32,47(59)54-67(61,62)49(3)20-21-49)53-44(57)40-25-36-27-56(40)46(58)42(30-14-8-6-9-15-30)52-48(60)66-41-22-31(41)16-10-7-11-18-38-43(37-17-12-13-19-39(37)51-45(38)65-36)64-35-23-33-28-63-29-34(24-35)55(33)5-2;2-1-3/h4,12-13,17,19,30-36,40-42H,1,5-11,14-16,18,20-29H2,2-3H3,(H,52,60)(H,53,57)(H,54,59);1H,(H,2,3)/t31-,32-,33?,34?,35?,36-,40?,41-,42+,50-;/m1./s1. The normalized spacial score (nSPS) is 33.1. The molecule has 4 saturated carbocycles. The highest BCUT2D eigenvalue weighted by Gasteiger charge is 2.63. The number of aromatic nitrogens is 1. The summed E-state index contributed by atoms with van der Waals surface area (Å²) in [7, 11) is -4.02. The molecule has 10 rings (SSSR count). The Bertz CT molecular complexity index is 2410. The van der Waals surface area contributed by atoms with E-state index in [1.165, 1.54) is 4.90 Å². The van der Waals surface area contributed by atoms with Crippen molar-refractivity contribution >= 4 is 51.2 Å². The van der Waals surface area contributed by atoms with Crippen LogP contribution >= 0.6 is 0 Å². The van der Waals surface area contributed by atoms with Gasteiger partial charge in [-0.05, 0) is 95.2 Å². The zero-order valence-electron chi connectivity index (χ0n) is 40.5. The fraction of sp³-hybridized carbons (Fsp3) is 0.686. The van der Waals surface area contributed by atoms with E-state index in [-0.39, 0.29) is 62.0 Å². The predicted molar refractivity (Wildman–Crippen MR) is 257 cm³/mol. The third kappa shape index (κ3) is 10.3. The molecule has 9 atom stereocenters. The summed E-state index contributed by atoms with van der Waals surface area (Å²) in [5, 5.41) is 13.7. The number of carboxylic acid groups (broad SMARTS) is 1. The average Bonchev–Trinajstić information content (AvgIpc) is 4.30. The molecule has 0 spiro atoms. The summed E-state index contributed by atoms with van der Waals surface area (Å²) in [6.07, 6.45) is 12.0. The number of fused-ring (bicyclic) bond motifs is 7. The Hall–Kier alpha value is -5.01. The fourth-order valence-corrected chi connectivity index (χ4v) is 13.2. The lowest BCUT2D eigenvalue weighted by Crippen LogP contribution is -2.59. The van der Waals surface area contributed by atoms with E-state index in [0.717, 1.165) is 100 Å². The molecule has 1 aromatic heterocycles. The van der Waals surface area contributed by atoms with Gasteiger partial charge in [0, 0.05) is 42.7 Å². The second-order valence-electron chi connectivity index (χ2n) is 21.2. The minimum Gasteiger partial charge on any atom is -0.489 e. The largest absolute Gasteiger partial charge is 0.489 e. The number of carbonyl (C=O) groups excluding carboxylic acids is 4. The number of carbonyl (C=O) groups is 5. The number of pyridine rings is 1. The van der Waals surface area contributed by atoms with E-state index in [1.807, 2.05) is 18.2 Å². The number of nitrogens with zero attached hydrogens (tertiary/aromatic N) is 3. The van der Waals surface area contributed by atoms with Gasteiger partial charge in [-0.15, -0.1) is 6.58 Å². The zero-order chi connectivity index (χ0) is 49.4. The third-order valence-electron chi connectivity index (χ3n) is 16.5. The van der Waals surface area contributed by atoms with Crippen molar-refractivity contribution in [2.75, 3.05) is 26.3 Å². The number of para-hydroxylation sites is 1. The number of hydrogen-bond donors (Lipinski definition) is 4. The predicted octanol–water partition coefficient (Wildman–Crippen LogP) is 5.15. The molecule has 4 bridgehead atoms. The molecule has 5 heterocycles. The van der Waals surface area contributed by atoms with Crippen molar-refractivity contribution < 1.29 is 56.4 Å². The molecule has 8 aliphatic rings. The molecule has 1 aromatic carbocycles. The number of alkyl carbamates (subject to hydrolysis) is 1. The molecule has 3 saturated heterocycles. The van der Waals surface area contributed by atoms with Crippen molar-refractivity contribution in [2.24, 2.45) is 17.8 Å². The molecule has 4 aliphatic heterocycles. The molecule has 4 N–H and O–H groups in total. The maximum Gasteiger partial charge on any atom is 0.408 e. The summed E-state index contributed by atoms with van der Waals surface area (Å²) >= 11 is 0. The van der Waals surface area contributed by atoms with Crippen LogP contribution in [0.5, 0.6) is 11.6 Å². The van der Waals surface area contributed by atoms with Crippen molar-refractivity contribution in [2.45, 2.75) is 176 Å². The minimum absolute atomic E-state index is 0.00135. The average molecular weight is 991 g/mol. The van der Waals surface area contributed by atoms with Crippen LogP contribution in [0.15, 0.2) is 36.9 Å². The van der Waals surface area contributed by atoms with Crippen LogP contribution in [0.25, 0.3) is 10.9 Å². The van der Waals surface area contributed by atoms with Crippen LogP contribution in [-0.4, -0.2) is 138 Å². The van der Waals surface area contributed by atoms with Crippen molar-refractivity contribution in [3.05, 3.63) is 42.5 Å². The zero-order valence-corrected chi connectivity index (χ0v) is 41.3. The van der Waals surface area contributed by atoms with Crippen molar-refractivity contribution in [3.63, 3.8) is 0 Å². The first-order chi connectivity index (χ1) is 33.7. The van der Waals surface area contributed by atoms with Gasteiger partial charge < -0.3 is 39.6 Å². The smallest absolute Gasteiger partial charge is 0.408 e. The summed E-state index contributed by atoms with van der Waals surface area (Å²) in [5.74, 6) is -1.16. The molecular weight excluding hydrogens is 921 g/mol. The van der Waals surface area contributed by atoms with Crippen molar-refractivity contribution in [1.29, 1.82) is 0 Å². The lowest BCUT2D eigenvalue weighted by molar-refractivity contribution is -0.142. The summed E-state index contributed by atoms with van der Waals surface area (Å²) in [5.41, 5.74) is -0.00188. The second kappa shape index (κ2) is 20.6. The van der Waals surface area contributed by atoms with Crippen LogP contribution in [0.2, 0.25) is 0 Å². The number of piperidine rings is 1. The van der Waals surface area contributed by atoms with Gasteiger partial charge in [0.15, 0.2) is 0 Å². The van der Waals surface area contributed by atoms with Gasteiger partial charge in [-0.3, -0.25) is 28.8 Å². The first kappa shape index (κ1) is 50.0. The minimum atomic E-state index is -4.02. The third-order valence-corrected chi connectivity index (χ3v) is 18.6. The van der Waals surface area contributed by atoms with Crippen LogP contribution in [-0.2, 0) is 45.1 Å². The second-order valence-corrected chi connectivity index (χ2v) is 23.4. The number of rotatable bonds is 10. The fourth-order valence-electron chi connectivity index (χ4n) is 11.9. The van der Waals surface area contributed by atoms with Crippen molar-refractivity contribution in [1.82, 2.24) is 30.1 Å². The number of nitrogens with one attached hydrogen (secondary N) is 3. The molecule has 7 fully saturated rings. The molecule has 0 radical (unpaired) electrons. The van der Waals surface area contributed by atoms with E-state index in [9.17, 15) is 22.8 Å². The van der Waals surface area contributed by atoms with Crippen LogP contribution in [0.4, 0.5) is 4.79 Å². The highest BCUT2D eigenvalue weighted by molar-refractivity contribution is 7.91. The van der Waals surface area contributed by atoms with Gasteiger partial charge in [-0.25, -0.2) is 18.2 Å². The number of likely N-dealkylation sites (N-methyl/N-ethyl adjacent to an activating group) is 1. The van der Waals surface area contributed by atoms with E-state index in [0.29, 0.717) is 43.9 Å². The van der Waals surface area contributed by atoms with E-state index in [4.69, 9.17) is 33.8 Å². The van der Waals surface area contributed by atoms with E-state index in [1.54, 1.807) is 13.0 Å². The topological polar surface area (TPSA) is 232 Å². The number of hydrogen-bond acceptors (Lipinski definition) is 13. The first-order valence-corrected chi connectivity index (χ1v) is 27.1. The van der Waals surface area contributed by atoms with Gasteiger partial charge in [0.05, 0.1) is 35.6 Å². The van der Waals surface area contributed by atoms with Gasteiger partial charge in [0.25, 0.3) is 12.4 Å². The van der Waals surface area contributed by atoms with Gasteiger partial charge in [-0.1, -0.05) is 57.2 Å². The molecule has 3 unspecified atom stereocenters. The number of amides is 4. The Kier molecular flexibility index (Phi) is 14.7. The lowest BCUT2D eigenvalue weighted by atomic mass is 9.83. The van der Waals surface area contributed by atoms with Gasteiger partial charge in [0.2, 0.25) is 27.7 Å². The van der Waals surface area contributed by atoms with Crippen LogP contribution in [0, 0.1) is 17.8 Å². The van der Waals surface area contributed by atoms with Crippen LogP contribution in [0.1, 0.15) is 122 Å². The van der Waals surface area contributed by atoms with E-state index < -0.39 is 68.2 Å². The highest BCUT2D eigenvalue weighted by atomic mass is 32.2. The molecule has 70 heavy (non-hydrogen) atoms. The summed E-state index contributed by atoms with van der Waals surface area (Å²) in [6, 6.07) is 6.37. The molecule has 382 valence electrons. The van der Waals surface area contributed by atoms with E-state index >= 15 is 4.79 Å². The SMILES string of the molecule is C=C[C@@H]1C[C@]1(NC(=O)C1C[C@@H]2CN1C(=O)[C@H](C1CCCCC1)NC(=O)O[C@@H]1C[C@H]1CCCCCc1c(nc3ccccc3c1OC1CC3COCC(C1)N3CC)O2)C(=O)NS(=O)(=O)C1(C)CC1.O=CO. The summed E-state index contributed by atoms with van der Waals surface area (Å²) in [4.78, 5) is 75.2. The number of benzene rings is 1. The first-order valence-electron chi connectivity index (χ1n) is 25.7. The molecule has 4 amide bonds. The maximum absolute atomic E-state index is 15.2. The Morgan fingerprint density at radius 3 is 2.34 bits per heavy atom. The quantitative estimate of drug-likeness (QED) is 0.178. The molecule has 2 aromatic rings. The van der Waals surface area contributed by atoms with Crippen LogP contribution in [0.3, 0.4) is 0 Å². The van der Waals surface area contributed by atoms with Gasteiger partial charge in [-0.2, -0.15) is 0 Å². The Morgan fingerprint density at radius 1 is 0.986 bits per heavy atom. The Balaban J connectivity index is 0.00000198. The molecule has 4 aliphatic carbocycles. The number of ether oxygens (including phenoxy) is 4. The summed E-state index contributed by atoms with van der Waals surface area (Å²) in [6.45, 7) is 9.72. The maximum atomic E-state index is 15.2. The number of sulfonamides is 1.